The lowest BCUT2D eigenvalue weighted by molar-refractivity contribution is 0.108. The van der Waals surface area contributed by atoms with E-state index in [1.165, 1.54) is 0 Å². The summed E-state index contributed by atoms with van der Waals surface area (Å²) in [6, 6.07) is 0.336. The van der Waals surface area contributed by atoms with Crippen molar-refractivity contribution in [2.45, 2.75) is 45.3 Å². The molecule has 0 aliphatic heterocycles. The van der Waals surface area contributed by atoms with E-state index in [2.05, 4.69) is 34.1 Å². The van der Waals surface area contributed by atoms with Crippen molar-refractivity contribution in [1.82, 2.24) is 15.0 Å². The van der Waals surface area contributed by atoms with Gasteiger partial charge in [0.15, 0.2) is 0 Å². The van der Waals surface area contributed by atoms with Gasteiger partial charge in [-0.3, -0.25) is 0 Å². The van der Waals surface area contributed by atoms with Crippen LogP contribution in [0, 0.1) is 0 Å². The van der Waals surface area contributed by atoms with E-state index in [9.17, 15) is 0 Å². The highest BCUT2D eigenvalue weighted by Gasteiger charge is 2.25. The van der Waals surface area contributed by atoms with Gasteiger partial charge in [-0.15, -0.1) is 0 Å². The number of rotatable bonds is 6. The van der Waals surface area contributed by atoms with E-state index in [4.69, 9.17) is 16.3 Å². The van der Waals surface area contributed by atoms with Gasteiger partial charge >= 0.3 is 0 Å². The lowest BCUT2D eigenvalue weighted by atomic mass is 10.2. The lowest BCUT2D eigenvalue weighted by Crippen LogP contribution is -2.26. The molecule has 2 atom stereocenters. The Labute approximate surface area is 124 Å². The van der Waals surface area contributed by atoms with Crippen molar-refractivity contribution in [3.63, 3.8) is 0 Å². The molecule has 7 heteroatoms. The van der Waals surface area contributed by atoms with Crippen LogP contribution in [0.3, 0.4) is 0 Å². The third-order valence-electron chi connectivity index (χ3n) is 3.69. The van der Waals surface area contributed by atoms with E-state index in [1.54, 1.807) is 7.11 Å². The van der Waals surface area contributed by atoms with Gasteiger partial charge in [0, 0.05) is 26.2 Å². The fourth-order valence-corrected chi connectivity index (χ4v) is 2.68. The minimum absolute atomic E-state index is 0.227. The summed E-state index contributed by atoms with van der Waals surface area (Å²) in [6.45, 7) is 5.81. The zero-order valence-electron chi connectivity index (χ0n) is 12.3. The predicted octanol–water partition coefficient (Wildman–Crippen LogP) is 2.35. The highest BCUT2D eigenvalue weighted by atomic mass is 35.5. The molecule has 1 aliphatic carbocycles. The van der Waals surface area contributed by atoms with Crippen molar-refractivity contribution >= 4 is 23.5 Å². The molecular weight excluding hydrogens is 278 g/mol. The van der Waals surface area contributed by atoms with E-state index in [1.807, 2.05) is 4.90 Å². The number of ether oxygens (including phenoxy) is 1. The average molecular weight is 300 g/mol. The standard InChI is InChI=1S/C13H22ClN5O/c1-4-19(5-2)13-17-11(14)16-12(18-13)15-9-6-7-10(8-9)20-3/h9-10H,4-8H2,1-3H3,(H,15,16,17,18). The van der Waals surface area contributed by atoms with Gasteiger partial charge in [0.2, 0.25) is 17.2 Å². The highest BCUT2D eigenvalue weighted by molar-refractivity contribution is 6.28. The average Bonchev–Trinajstić information content (AvgIpc) is 2.87. The van der Waals surface area contributed by atoms with Crippen LogP contribution in [0.1, 0.15) is 33.1 Å². The summed E-state index contributed by atoms with van der Waals surface area (Å²) < 4.78 is 5.37. The van der Waals surface area contributed by atoms with E-state index >= 15 is 0 Å². The van der Waals surface area contributed by atoms with Crippen LogP contribution in [-0.4, -0.2) is 47.3 Å². The van der Waals surface area contributed by atoms with E-state index < -0.39 is 0 Å². The fourth-order valence-electron chi connectivity index (χ4n) is 2.52. The van der Waals surface area contributed by atoms with Crippen molar-refractivity contribution in [2.75, 3.05) is 30.4 Å². The second-order valence-corrected chi connectivity index (χ2v) is 5.25. The van der Waals surface area contributed by atoms with Crippen molar-refractivity contribution in [3.05, 3.63) is 5.28 Å². The lowest BCUT2D eigenvalue weighted by Gasteiger charge is -2.19. The molecule has 1 aromatic heterocycles. The third-order valence-corrected chi connectivity index (χ3v) is 3.86. The van der Waals surface area contributed by atoms with E-state index in [-0.39, 0.29) is 5.28 Å². The predicted molar refractivity (Wildman–Crippen MR) is 80.5 cm³/mol. The Kier molecular flexibility index (Phi) is 5.37. The number of hydrogen-bond donors (Lipinski definition) is 1. The number of nitrogens with one attached hydrogen (secondary N) is 1. The summed E-state index contributed by atoms with van der Waals surface area (Å²) in [4.78, 5) is 14.9. The number of anilines is 2. The van der Waals surface area contributed by atoms with Crippen LogP contribution in [0.2, 0.25) is 5.28 Å². The van der Waals surface area contributed by atoms with Crippen LogP contribution < -0.4 is 10.2 Å². The molecule has 6 nitrogen and oxygen atoms in total. The van der Waals surface area contributed by atoms with Gasteiger partial charge in [-0.05, 0) is 44.7 Å². The first kappa shape index (κ1) is 15.3. The SMILES string of the molecule is CCN(CC)c1nc(Cl)nc(NC2CCC(OC)C2)n1. The molecule has 0 amide bonds. The smallest absolute Gasteiger partial charge is 0.231 e. The van der Waals surface area contributed by atoms with Crippen molar-refractivity contribution in [3.8, 4) is 0 Å². The summed E-state index contributed by atoms with van der Waals surface area (Å²) in [7, 11) is 1.76. The minimum Gasteiger partial charge on any atom is -0.381 e. The number of methoxy groups -OCH3 is 1. The van der Waals surface area contributed by atoms with Crippen LogP contribution in [0.25, 0.3) is 0 Å². The maximum atomic E-state index is 6.00. The van der Waals surface area contributed by atoms with Crippen LogP contribution >= 0.6 is 11.6 Å². The van der Waals surface area contributed by atoms with Crippen LogP contribution in [-0.2, 0) is 4.74 Å². The fraction of sp³-hybridized carbons (Fsp3) is 0.769. The Bertz CT molecular complexity index is 441. The Hall–Kier alpha value is -1.14. The molecule has 1 heterocycles. The maximum Gasteiger partial charge on any atom is 0.231 e. The molecular formula is C13H22ClN5O. The van der Waals surface area contributed by atoms with Crippen LogP contribution in [0.4, 0.5) is 11.9 Å². The number of nitrogens with zero attached hydrogens (tertiary/aromatic N) is 4. The van der Waals surface area contributed by atoms with E-state index in [0.717, 1.165) is 32.4 Å². The molecule has 1 saturated carbocycles. The molecule has 112 valence electrons. The minimum atomic E-state index is 0.227. The maximum absolute atomic E-state index is 6.00. The highest BCUT2D eigenvalue weighted by Crippen LogP contribution is 2.24. The molecule has 1 fully saturated rings. The van der Waals surface area contributed by atoms with Gasteiger partial charge in [-0.1, -0.05) is 0 Å². The summed E-state index contributed by atoms with van der Waals surface area (Å²) >= 11 is 6.00. The molecule has 1 N–H and O–H groups in total. The van der Waals surface area contributed by atoms with Crippen LogP contribution in [0.15, 0.2) is 0 Å². The number of hydrogen-bond acceptors (Lipinski definition) is 6. The molecule has 2 unspecified atom stereocenters. The van der Waals surface area contributed by atoms with Gasteiger partial charge in [0.05, 0.1) is 6.10 Å². The summed E-state index contributed by atoms with van der Waals surface area (Å²) in [5, 5.41) is 3.56. The van der Waals surface area contributed by atoms with Gasteiger partial charge in [-0.25, -0.2) is 0 Å². The van der Waals surface area contributed by atoms with Gasteiger partial charge < -0.3 is 15.0 Å². The molecule has 2 rings (SSSR count). The van der Waals surface area contributed by atoms with Crippen molar-refractivity contribution in [1.29, 1.82) is 0 Å². The molecule has 1 aromatic rings. The van der Waals surface area contributed by atoms with Crippen molar-refractivity contribution < 1.29 is 4.74 Å². The zero-order valence-corrected chi connectivity index (χ0v) is 13.0. The number of halogens is 1. The normalized spacial score (nSPS) is 22.0. The molecule has 0 saturated heterocycles. The van der Waals surface area contributed by atoms with Gasteiger partial charge in [0.25, 0.3) is 0 Å². The van der Waals surface area contributed by atoms with Crippen molar-refractivity contribution in [2.24, 2.45) is 0 Å². The molecule has 0 bridgehead atoms. The van der Waals surface area contributed by atoms with Gasteiger partial charge in [0.1, 0.15) is 0 Å². The quantitative estimate of drug-likeness (QED) is 0.870. The third kappa shape index (κ3) is 3.70. The monoisotopic (exact) mass is 299 g/mol. The molecule has 1 aliphatic rings. The Morgan fingerprint density at radius 2 is 2.00 bits per heavy atom. The first-order valence-electron chi connectivity index (χ1n) is 7.12. The molecule has 0 aromatic carbocycles. The first-order chi connectivity index (χ1) is 9.66. The number of aromatic nitrogens is 3. The Morgan fingerprint density at radius 1 is 1.25 bits per heavy atom. The summed E-state index contributed by atoms with van der Waals surface area (Å²) in [5.74, 6) is 1.17. The first-order valence-corrected chi connectivity index (χ1v) is 7.49. The summed E-state index contributed by atoms with van der Waals surface area (Å²) in [5.41, 5.74) is 0. The largest absolute Gasteiger partial charge is 0.381 e. The second-order valence-electron chi connectivity index (χ2n) is 4.91. The van der Waals surface area contributed by atoms with Gasteiger partial charge in [-0.2, -0.15) is 15.0 Å². The Balaban J connectivity index is 2.08. The van der Waals surface area contributed by atoms with Crippen LogP contribution in [0.5, 0.6) is 0 Å². The zero-order chi connectivity index (χ0) is 14.5. The summed E-state index contributed by atoms with van der Waals surface area (Å²) in [6.07, 6.45) is 3.42. The second kappa shape index (κ2) is 7.04. The molecule has 0 radical (unpaired) electrons. The van der Waals surface area contributed by atoms with E-state index in [0.29, 0.717) is 24.0 Å². The topological polar surface area (TPSA) is 63.2 Å². The Morgan fingerprint density at radius 3 is 2.60 bits per heavy atom. The molecule has 0 spiro atoms. The molecule has 20 heavy (non-hydrogen) atoms.